The van der Waals surface area contributed by atoms with Gasteiger partial charge in [-0.2, -0.15) is 0 Å². The second-order valence-electron chi connectivity index (χ2n) is 0.511. The Labute approximate surface area is 36.8 Å². The van der Waals surface area contributed by atoms with Gasteiger partial charge in [0.2, 0.25) is 0 Å². The molecule has 0 aromatic carbocycles. The van der Waals surface area contributed by atoms with Gasteiger partial charge in [-0.25, -0.2) is 0 Å². The topological polar surface area (TPSA) is 0 Å². The van der Waals surface area contributed by atoms with Gasteiger partial charge in [-0.3, -0.25) is 0 Å². The lowest BCUT2D eigenvalue weighted by molar-refractivity contribution is 2.06. The number of halogens is 1. The molecular formula is C4H4Cl+. The van der Waals surface area contributed by atoms with Crippen molar-refractivity contribution in [3.8, 4) is 0 Å². The van der Waals surface area contributed by atoms with E-state index in [9.17, 15) is 0 Å². The van der Waals surface area contributed by atoms with E-state index in [-0.39, 0.29) is 0 Å². The van der Waals surface area contributed by atoms with Crippen LogP contribution >= 0.6 is 11.6 Å². The highest BCUT2D eigenvalue weighted by Crippen LogP contribution is 1.72. The highest BCUT2D eigenvalue weighted by molar-refractivity contribution is 6.22. The molecule has 26 valence electrons. The van der Waals surface area contributed by atoms with Gasteiger partial charge in [0.05, 0.1) is 6.08 Å². The van der Waals surface area contributed by atoms with E-state index < -0.39 is 0 Å². The Morgan fingerprint density at radius 2 is 2.40 bits per heavy atom. The summed E-state index contributed by atoms with van der Waals surface area (Å²) < 4.78 is 0. The van der Waals surface area contributed by atoms with Crippen LogP contribution in [0.15, 0.2) is 18.7 Å². The first-order valence-corrected chi connectivity index (χ1v) is 1.60. The van der Waals surface area contributed by atoms with E-state index in [4.69, 9.17) is 11.6 Å². The fraction of sp³-hybridized carbons (Fsp3) is 0. The summed E-state index contributed by atoms with van der Waals surface area (Å²) in [6.45, 7) is 3.35. The summed E-state index contributed by atoms with van der Waals surface area (Å²) in [6, 6.07) is 0. The zero-order chi connectivity index (χ0) is 4.12. The highest BCUT2D eigenvalue weighted by Gasteiger charge is 1.62. The molecule has 0 aliphatic rings. The lowest BCUT2D eigenvalue weighted by Crippen LogP contribution is -1.30. The smallest absolute Gasteiger partial charge is 0.0145 e. The van der Waals surface area contributed by atoms with Crippen LogP contribution in [-0.4, -0.2) is 0 Å². The Morgan fingerprint density at radius 1 is 1.80 bits per heavy atom. The first kappa shape index (κ1) is 4.68. The van der Waals surface area contributed by atoms with Gasteiger partial charge < -0.3 is 0 Å². The molecule has 0 aromatic heterocycles. The lowest BCUT2D eigenvalue weighted by atomic mass is 10.6. The first-order chi connectivity index (χ1) is 2.41. The monoisotopic (exact) mass is 87.0 g/mol. The Bertz CT molecular complexity index is 45.6. The number of rotatable bonds is 1. The SMILES string of the molecule is C=CC=[C+]Cl. The molecule has 0 heterocycles. The standard InChI is InChI=1S/C4H4Cl/c1-2-3-4-5/h2-3H,1H2/q+1. The van der Waals surface area contributed by atoms with Crippen LogP contribution in [0.3, 0.4) is 0 Å². The number of hydrogen-bond donors (Lipinski definition) is 0. The first-order valence-electron chi connectivity index (χ1n) is 1.22. The summed E-state index contributed by atoms with van der Waals surface area (Å²) in [6.07, 6.45) is 3.09. The largest absolute Gasteiger partial charge is 0.186 e. The van der Waals surface area contributed by atoms with E-state index in [2.05, 4.69) is 12.1 Å². The fourth-order valence-corrected chi connectivity index (χ4v) is 0.134. The number of allylic oxidation sites excluding steroid dienone is 2. The third-order valence-corrected chi connectivity index (χ3v) is 0.307. The molecule has 0 N–H and O–H groups in total. The molecule has 0 amide bonds. The Hall–Kier alpha value is -0.320. The zero-order valence-corrected chi connectivity index (χ0v) is 3.50. The minimum Gasteiger partial charge on any atom is -0.0145 e. The average molecular weight is 87.5 g/mol. The van der Waals surface area contributed by atoms with Crippen molar-refractivity contribution >= 4 is 11.6 Å². The van der Waals surface area contributed by atoms with Crippen molar-refractivity contribution < 1.29 is 0 Å². The van der Waals surface area contributed by atoms with Gasteiger partial charge in [0, 0.05) is 0 Å². The van der Waals surface area contributed by atoms with Crippen LogP contribution in [0, 0.1) is 5.54 Å². The van der Waals surface area contributed by atoms with E-state index in [1.165, 1.54) is 6.08 Å². The van der Waals surface area contributed by atoms with Crippen LogP contribution in [0.1, 0.15) is 0 Å². The molecule has 0 saturated carbocycles. The van der Waals surface area contributed by atoms with Gasteiger partial charge in [0.1, 0.15) is 11.6 Å². The Morgan fingerprint density at radius 3 is 2.40 bits per heavy atom. The summed E-state index contributed by atoms with van der Waals surface area (Å²) >= 11 is 4.92. The molecule has 1 heteroatoms. The maximum absolute atomic E-state index is 4.92. The van der Waals surface area contributed by atoms with Crippen molar-refractivity contribution in [3.63, 3.8) is 0 Å². The second-order valence-corrected chi connectivity index (χ2v) is 0.730. The second kappa shape index (κ2) is 3.68. The molecule has 0 aliphatic heterocycles. The molecule has 0 radical (unpaired) electrons. The summed E-state index contributed by atoms with van der Waals surface area (Å²) in [7, 11) is 0. The summed E-state index contributed by atoms with van der Waals surface area (Å²) in [5.41, 5.74) is 2.25. The predicted octanol–water partition coefficient (Wildman–Crippen LogP) is 1.73. The molecule has 0 aliphatic carbocycles. The summed E-state index contributed by atoms with van der Waals surface area (Å²) in [5.74, 6) is 0. The third kappa shape index (κ3) is 3.68. The van der Waals surface area contributed by atoms with Crippen LogP contribution in [0.2, 0.25) is 0 Å². The molecule has 0 bridgehead atoms. The van der Waals surface area contributed by atoms with Gasteiger partial charge in [-0.05, 0) is 6.58 Å². The van der Waals surface area contributed by atoms with Crippen molar-refractivity contribution in [1.82, 2.24) is 0 Å². The Balaban J connectivity index is 2.92. The fourth-order valence-electron chi connectivity index (χ4n) is 0.0445. The summed E-state index contributed by atoms with van der Waals surface area (Å²) in [5, 5.41) is 0. The van der Waals surface area contributed by atoms with Gasteiger partial charge in [0.25, 0.3) is 0 Å². The van der Waals surface area contributed by atoms with E-state index >= 15 is 0 Å². The number of hydrogen-bond acceptors (Lipinski definition) is 0. The molecule has 0 saturated heterocycles. The molecule has 0 atom stereocenters. The van der Waals surface area contributed by atoms with Crippen LogP contribution < -0.4 is 0 Å². The van der Waals surface area contributed by atoms with Crippen molar-refractivity contribution in [2.75, 3.05) is 0 Å². The maximum Gasteiger partial charge on any atom is 0.186 e. The van der Waals surface area contributed by atoms with E-state index in [1.54, 1.807) is 6.08 Å². The van der Waals surface area contributed by atoms with Crippen molar-refractivity contribution in [2.45, 2.75) is 0 Å². The van der Waals surface area contributed by atoms with Crippen LogP contribution in [0.25, 0.3) is 0 Å². The van der Waals surface area contributed by atoms with Crippen molar-refractivity contribution in [1.29, 1.82) is 0 Å². The molecule has 0 aromatic rings. The molecule has 0 rings (SSSR count). The average Bonchev–Trinajstić information content (AvgIpc) is 1.41. The molecule has 0 nitrogen and oxygen atoms in total. The molecule has 0 unspecified atom stereocenters. The molecule has 5 heavy (non-hydrogen) atoms. The minimum atomic E-state index is 1.53. The third-order valence-electron chi connectivity index (χ3n) is 0.181. The minimum absolute atomic E-state index is 1.53. The Kier molecular flexibility index (Phi) is 3.44. The van der Waals surface area contributed by atoms with Gasteiger partial charge in [0.15, 0.2) is 11.6 Å². The van der Waals surface area contributed by atoms with E-state index in [0.29, 0.717) is 0 Å². The van der Waals surface area contributed by atoms with E-state index in [1.807, 2.05) is 0 Å². The maximum atomic E-state index is 4.92. The van der Waals surface area contributed by atoms with Crippen molar-refractivity contribution in [3.05, 3.63) is 24.3 Å². The van der Waals surface area contributed by atoms with Crippen LogP contribution in [0.4, 0.5) is 0 Å². The van der Waals surface area contributed by atoms with Gasteiger partial charge in [-0.15, -0.1) is 0 Å². The van der Waals surface area contributed by atoms with E-state index in [0.717, 1.165) is 0 Å². The predicted molar refractivity (Wildman–Crippen MR) is 23.9 cm³/mol. The van der Waals surface area contributed by atoms with Gasteiger partial charge in [-0.1, -0.05) is 0 Å². The van der Waals surface area contributed by atoms with Crippen LogP contribution in [0.5, 0.6) is 0 Å². The molecule has 0 fully saturated rings. The molecule has 0 spiro atoms. The molecular weight excluding hydrogens is 83.5 g/mol. The van der Waals surface area contributed by atoms with Crippen molar-refractivity contribution in [2.24, 2.45) is 0 Å². The summed E-state index contributed by atoms with van der Waals surface area (Å²) in [4.78, 5) is 0. The van der Waals surface area contributed by atoms with Crippen LogP contribution in [-0.2, 0) is 0 Å². The normalized spacial score (nSPS) is 7.40. The van der Waals surface area contributed by atoms with Gasteiger partial charge >= 0.3 is 0 Å². The zero-order valence-electron chi connectivity index (χ0n) is 2.74. The highest BCUT2D eigenvalue weighted by atomic mass is 35.5. The quantitative estimate of drug-likeness (QED) is 0.338. The lowest BCUT2D eigenvalue weighted by Gasteiger charge is -1.36.